The molecular weight excluding hydrogens is 331 g/mol. The van der Waals surface area contributed by atoms with Crippen LogP contribution in [0, 0.1) is 12.7 Å². The molecule has 0 aliphatic heterocycles. The Morgan fingerprint density at radius 1 is 1.50 bits per heavy atom. The first-order valence-electron chi connectivity index (χ1n) is 7.26. The van der Waals surface area contributed by atoms with Gasteiger partial charge < -0.3 is 14.6 Å². The first-order valence-corrected chi connectivity index (χ1v) is 8.24. The summed E-state index contributed by atoms with van der Waals surface area (Å²) < 4.78 is 20.6. The van der Waals surface area contributed by atoms with Crippen LogP contribution in [-0.2, 0) is 22.7 Å². The second-order valence-corrected chi connectivity index (χ2v) is 5.99. The Morgan fingerprint density at radius 2 is 2.29 bits per heavy atom. The Bertz CT molecular complexity index is 733. The van der Waals surface area contributed by atoms with Gasteiger partial charge in [0.15, 0.2) is 11.0 Å². The number of halogens is 1. The van der Waals surface area contributed by atoms with E-state index < -0.39 is 5.82 Å². The molecule has 128 valence electrons. The number of carbonyl (C=O) groups excluding carboxylic acids is 1. The number of carbonyl (C=O) groups is 1. The molecule has 0 spiro atoms. The summed E-state index contributed by atoms with van der Waals surface area (Å²) in [5.74, 6) is -0.0186. The fourth-order valence-corrected chi connectivity index (χ4v) is 2.78. The minimum Gasteiger partial charge on any atom is -0.377 e. The monoisotopic (exact) mass is 350 g/mol. The van der Waals surface area contributed by atoms with Crippen molar-refractivity contribution < 1.29 is 13.9 Å². The van der Waals surface area contributed by atoms with E-state index in [9.17, 15) is 9.18 Å². The largest absolute Gasteiger partial charge is 0.377 e. The maximum absolute atomic E-state index is 13.8. The van der Waals surface area contributed by atoms with Crippen molar-refractivity contribution in [3.8, 4) is 0 Å². The molecule has 6 nitrogen and oxygen atoms in total. The number of anilines is 1. The molecule has 2 rings (SSSR count). The second-order valence-electron chi connectivity index (χ2n) is 5.05. The number of nitrogens with zero attached hydrogens (tertiary/aromatic N) is 3. The SMILES string of the molecule is C=CCn1c(COC)nnc1SCC(=O)Nc1ccc(C)cc1F. The Morgan fingerprint density at radius 3 is 2.96 bits per heavy atom. The third-order valence-corrected chi connectivity index (χ3v) is 4.08. The third kappa shape index (κ3) is 4.65. The number of methoxy groups -OCH3 is 1. The lowest BCUT2D eigenvalue weighted by Gasteiger charge is -2.08. The van der Waals surface area contributed by atoms with E-state index in [2.05, 4.69) is 22.1 Å². The normalized spacial score (nSPS) is 10.6. The van der Waals surface area contributed by atoms with Gasteiger partial charge in [-0.15, -0.1) is 16.8 Å². The van der Waals surface area contributed by atoms with Crippen molar-refractivity contribution in [3.05, 3.63) is 48.1 Å². The third-order valence-electron chi connectivity index (χ3n) is 3.11. The molecule has 0 atom stereocenters. The Balaban J connectivity index is 1.99. The number of nitrogens with one attached hydrogen (secondary N) is 1. The van der Waals surface area contributed by atoms with Crippen LogP contribution in [0.4, 0.5) is 10.1 Å². The van der Waals surface area contributed by atoms with Gasteiger partial charge in [-0.1, -0.05) is 23.9 Å². The number of hydrogen-bond donors (Lipinski definition) is 1. The lowest BCUT2D eigenvalue weighted by atomic mass is 10.2. The van der Waals surface area contributed by atoms with E-state index in [-0.39, 0.29) is 17.3 Å². The average Bonchev–Trinajstić information content (AvgIpc) is 2.91. The molecule has 1 aromatic heterocycles. The lowest BCUT2D eigenvalue weighted by molar-refractivity contribution is -0.113. The highest BCUT2D eigenvalue weighted by atomic mass is 32.2. The number of ether oxygens (including phenoxy) is 1. The minimum atomic E-state index is -0.453. The molecule has 0 saturated carbocycles. The van der Waals surface area contributed by atoms with Gasteiger partial charge in [0.2, 0.25) is 5.91 Å². The van der Waals surface area contributed by atoms with Gasteiger partial charge in [-0.2, -0.15) is 0 Å². The molecule has 1 N–H and O–H groups in total. The van der Waals surface area contributed by atoms with E-state index in [1.807, 2.05) is 4.57 Å². The van der Waals surface area contributed by atoms with Crippen LogP contribution in [0.5, 0.6) is 0 Å². The van der Waals surface area contributed by atoms with Crippen molar-refractivity contribution in [1.29, 1.82) is 0 Å². The Kier molecular flexibility index (Phi) is 6.51. The zero-order valence-electron chi connectivity index (χ0n) is 13.6. The van der Waals surface area contributed by atoms with E-state index in [1.165, 1.54) is 17.8 Å². The highest BCUT2D eigenvalue weighted by Crippen LogP contribution is 2.19. The summed E-state index contributed by atoms with van der Waals surface area (Å²) in [6.07, 6.45) is 1.72. The van der Waals surface area contributed by atoms with E-state index in [0.717, 1.165) is 5.56 Å². The van der Waals surface area contributed by atoms with Gasteiger partial charge >= 0.3 is 0 Å². The highest BCUT2D eigenvalue weighted by Gasteiger charge is 2.14. The van der Waals surface area contributed by atoms with Gasteiger partial charge in [-0.3, -0.25) is 4.79 Å². The molecule has 0 radical (unpaired) electrons. The van der Waals surface area contributed by atoms with Crippen LogP contribution in [0.3, 0.4) is 0 Å². The number of benzene rings is 1. The van der Waals surface area contributed by atoms with Gasteiger partial charge in [-0.05, 0) is 24.6 Å². The van der Waals surface area contributed by atoms with Crippen molar-refractivity contribution in [1.82, 2.24) is 14.8 Å². The number of thioether (sulfide) groups is 1. The number of aromatic nitrogens is 3. The van der Waals surface area contributed by atoms with Gasteiger partial charge in [0.05, 0.1) is 11.4 Å². The predicted octanol–water partition coefficient (Wildman–Crippen LogP) is 2.79. The Hall–Kier alpha value is -2.19. The molecule has 0 fully saturated rings. The molecular formula is C16H19FN4O2S. The predicted molar refractivity (Wildman–Crippen MR) is 91.4 cm³/mol. The smallest absolute Gasteiger partial charge is 0.234 e. The number of hydrogen-bond acceptors (Lipinski definition) is 5. The van der Waals surface area contributed by atoms with Crippen LogP contribution >= 0.6 is 11.8 Å². The summed E-state index contributed by atoms with van der Waals surface area (Å²) >= 11 is 1.22. The number of amides is 1. The van der Waals surface area contributed by atoms with Crippen molar-refractivity contribution in [3.63, 3.8) is 0 Å². The van der Waals surface area contributed by atoms with Crippen LogP contribution in [0.2, 0.25) is 0 Å². The quantitative estimate of drug-likeness (QED) is 0.586. The van der Waals surface area contributed by atoms with Crippen LogP contribution in [0.15, 0.2) is 36.0 Å². The molecule has 24 heavy (non-hydrogen) atoms. The maximum atomic E-state index is 13.8. The Labute approximate surface area is 144 Å². The summed E-state index contributed by atoms with van der Waals surface area (Å²) in [7, 11) is 1.57. The van der Waals surface area contributed by atoms with Crippen molar-refractivity contribution in [2.45, 2.75) is 25.2 Å². The molecule has 0 aliphatic carbocycles. The standard InChI is InChI=1S/C16H19FN4O2S/c1-4-7-21-14(9-23-3)19-20-16(21)24-10-15(22)18-13-6-5-11(2)8-12(13)17/h4-6,8H,1,7,9-10H2,2-3H3,(H,18,22). The van der Waals surface area contributed by atoms with Gasteiger partial charge in [-0.25, -0.2) is 4.39 Å². The van der Waals surface area contributed by atoms with Crippen molar-refractivity contribution in [2.24, 2.45) is 0 Å². The number of rotatable bonds is 8. The summed E-state index contributed by atoms with van der Waals surface area (Å²) in [5, 5.41) is 11.2. The zero-order valence-corrected chi connectivity index (χ0v) is 14.4. The molecule has 1 heterocycles. The second kappa shape index (κ2) is 8.60. The topological polar surface area (TPSA) is 69.0 Å². The zero-order chi connectivity index (χ0) is 17.5. The molecule has 8 heteroatoms. The molecule has 0 unspecified atom stereocenters. The lowest BCUT2D eigenvalue weighted by Crippen LogP contribution is -2.15. The van der Waals surface area contributed by atoms with Crippen LogP contribution in [0.1, 0.15) is 11.4 Å². The van der Waals surface area contributed by atoms with E-state index in [1.54, 1.807) is 32.2 Å². The molecule has 1 amide bonds. The summed E-state index contributed by atoms with van der Waals surface area (Å²) in [6, 6.07) is 4.66. The molecule has 1 aromatic carbocycles. The number of allylic oxidation sites excluding steroid dienone is 1. The summed E-state index contributed by atoms with van der Waals surface area (Å²) in [4.78, 5) is 12.0. The van der Waals surface area contributed by atoms with Crippen molar-refractivity contribution >= 4 is 23.4 Å². The summed E-state index contributed by atoms with van der Waals surface area (Å²) in [6.45, 7) is 6.32. The van der Waals surface area contributed by atoms with Gasteiger partial charge in [0.25, 0.3) is 0 Å². The molecule has 0 saturated heterocycles. The molecule has 2 aromatic rings. The van der Waals surface area contributed by atoms with Gasteiger partial charge in [0, 0.05) is 13.7 Å². The first-order chi connectivity index (χ1) is 11.5. The van der Waals surface area contributed by atoms with Crippen LogP contribution in [0.25, 0.3) is 0 Å². The minimum absolute atomic E-state index is 0.0928. The van der Waals surface area contributed by atoms with Gasteiger partial charge in [0.1, 0.15) is 12.4 Å². The molecule has 0 bridgehead atoms. The fraction of sp³-hybridized carbons (Fsp3) is 0.312. The maximum Gasteiger partial charge on any atom is 0.234 e. The average molecular weight is 350 g/mol. The summed E-state index contributed by atoms with van der Waals surface area (Å²) in [5.41, 5.74) is 0.960. The van der Waals surface area contributed by atoms with Crippen LogP contribution in [-0.4, -0.2) is 33.5 Å². The fourth-order valence-electron chi connectivity index (χ4n) is 2.01. The van der Waals surface area contributed by atoms with E-state index in [4.69, 9.17) is 4.74 Å². The van der Waals surface area contributed by atoms with E-state index in [0.29, 0.717) is 24.1 Å². The first kappa shape index (κ1) is 18.2. The van der Waals surface area contributed by atoms with E-state index >= 15 is 0 Å². The van der Waals surface area contributed by atoms with Crippen LogP contribution < -0.4 is 5.32 Å². The van der Waals surface area contributed by atoms with Crippen molar-refractivity contribution in [2.75, 3.05) is 18.2 Å². The molecule has 0 aliphatic rings. The highest BCUT2D eigenvalue weighted by molar-refractivity contribution is 7.99. The number of aryl methyl sites for hydroxylation is 1.